The molecule has 0 bridgehead atoms. The summed E-state index contributed by atoms with van der Waals surface area (Å²) in [5.74, 6) is 0.199. The summed E-state index contributed by atoms with van der Waals surface area (Å²) < 4.78 is 0. The fourth-order valence-corrected chi connectivity index (χ4v) is 3.69. The Morgan fingerprint density at radius 2 is 1.80 bits per heavy atom. The molecule has 116 valence electrons. The fraction of sp³-hybridized carbons (Fsp3) is 0.938. The highest BCUT2D eigenvalue weighted by atomic mass is 16.2. The SMILES string of the molecule is CC(N)C1CCCCN1CC(=O)NC1CCCCCC1. The van der Waals surface area contributed by atoms with Crippen LogP contribution in [0.2, 0.25) is 0 Å². The second-order valence-corrected chi connectivity index (χ2v) is 6.65. The maximum absolute atomic E-state index is 12.3. The zero-order valence-electron chi connectivity index (χ0n) is 12.9. The van der Waals surface area contributed by atoms with Crippen LogP contribution in [0.25, 0.3) is 0 Å². The van der Waals surface area contributed by atoms with Crippen molar-refractivity contribution in [1.29, 1.82) is 0 Å². The topological polar surface area (TPSA) is 58.4 Å². The van der Waals surface area contributed by atoms with Crippen molar-refractivity contribution in [3.05, 3.63) is 0 Å². The molecule has 20 heavy (non-hydrogen) atoms. The van der Waals surface area contributed by atoms with Crippen molar-refractivity contribution in [3.8, 4) is 0 Å². The molecule has 1 aliphatic heterocycles. The van der Waals surface area contributed by atoms with Crippen molar-refractivity contribution in [1.82, 2.24) is 10.2 Å². The lowest BCUT2D eigenvalue weighted by atomic mass is 9.97. The average molecular weight is 281 g/mol. The third kappa shape index (κ3) is 4.74. The number of nitrogens with zero attached hydrogens (tertiary/aromatic N) is 1. The Morgan fingerprint density at radius 3 is 2.45 bits per heavy atom. The van der Waals surface area contributed by atoms with Gasteiger partial charge in [-0.15, -0.1) is 0 Å². The van der Waals surface area contributed by atoms with E-state index >= 15 is 0 Å². The number of carbonyl (C=O) groups excluding carboxylic acids is 1. The van der Waals surface area contributed by atoms with E-state index in [9.17, 15) is 4.79 Å². The van der Waals surface area contributed by atoms with Gasteiger partial charge in [0.2, 0.25) is 5.91 Å². The van der Waals surface area contributed by atoms with Gasteiger partial charge in [0.25, 0.3) is 0 Å². The van der Waals surface area contributed by atoms with Crippen molar-refractivity contribution in [2.75, 3.05) is 13.1 Å². The van der Waals surface area contributed by atoms with Gasteiger partial charge in [0, 0.05) is 18.1 Å². The Morgan fingerprint density at radius 1 is 1.15 bits per heavy atom. The number of rotatable bonds is 4. The first-order valence-electron chi connectivity index (χ1n) is 8.46. The van der Waals surface area contributed by atoms with Crippen LogP contribution in [0.15, 0.2) is 0 Å². The predicted octanol–water partition coefficient (Wildman–Crippen LogP) is 2.03. The summed E-state index contributed by atoms with van der Waals surface area (Å²) in [6.45, 7) is 3.61. The summed E-state index contributed by atoms with van der Waals surface area (Å²) in [6, 6.07) is 0.938. The van der Waals surface area contributed by atoms with Crippen molar-refractivity contribution in [3.63, 3.8) is 0 Å². The first kappa shape index (κ1) is 15.8. The molecule has 2 rings (SSSR count). The highest BCUT2D eigenvalue weighted by Gasteiger charge is 2.27. The number of carbonyl (C=O) groups is 1. The molecular formula is C16H31N3O. The van der Waals surface area contributed by atoms with Crippen LogP contribution >= 0.6 is 0 Å². The Hall–Kier alpha value is -0.610. The Bertz CT molecular complexity index is 298. The van der Waals surface area contributed by atoms with Crippen molar-refractivity contribution in [2.24, 2.45) is 5.73 Å². The van der Waals surface area contributed by atoms with E-state index in [1.54, 1.807) is 0 Å². The smallest absolute Gasteiger partial charge is 0.234 e. The highest BCUT2D eigenvalue weighted by Crippen LogP contribution is 2.19. The molecule has 2 atom stereocenters. The summed E-state index contributed by atoms with van der Waals surface area (Å²) in [7, 11) is 0. The minimum absolute atomic E-state index is 0.154. The third-order valence-corrected chi connectivity index (χ3v) is 4.84. The molecule has 0 spiro atoms. The molecule has 0 aromatic carbocycles. The number of nitrogens with one attached hydrogen (secondary N) is 1. The minimum atomic E-state index is 0.154. The van der Waals surface area contributed by atoms with E-state index in [0.717, 1.165) is 25.8 Å². The Balaban J connectivity index is 1.79. The third-order valence-electron chi connectivity index (χ3n) is 4.84. The van der Waals surface area contributed by atoms with Crippen molar-refractivity contribution < 1.29 is 4.79 Å². The molecule has 4 nitrogen and oxygen atoms in total. The van der Waals surface area contributed by atoms with Crippen LogP contribution in [0.3, 0.4) is 0 Å². The summed E-state index contributed by atoms with van der Waals surface area (Å²) in [6.07, 6.45) is 11.1. The lowest BCUT2D eigenvalue weighted by Gasteiger charge is -2.37. The Kier molecular flexibility index (Phi) is 6.30. The van der Waals surface area contributed by atoms with Gasteiger partial charge in [0.1, 0.15) is 0 Å². The number of hydrogen-bond acceptors (Lipinski definition) is 3. The van der Waals surface area contributed by atoms with E-state index in [0.29, 0.717) is 18.6 Å². The van der Waals surface area contributed by atoms with Gasteiger partial charge in [-0.3, -0.25) is 9.69 Å². The second kappa shape index (κ2) is 7.99. The zero-order chi connectivity index (χ0) is 14.4. The lowest BCUT2D eigenvalue weighted by molar-refractivity contribution is -0.124. The Labute approximate surface area is 123 Å². The van der Waals surface area contributed by atoms with E-state index in [4.69, 9.17) is 5.73 Å². The van der Waals surface area contributed by atoms with E-state index in [1.165, 1.54) is 38.5 Å². The quantitative estimate of drug-likeness (QED) is 0.775. The van der Waals surface area contributed by atoms with Crippen molar-refractivity contribution >= 4 is 5.91 Å². The minimum Gasteiger partial charge on any atom is -0.352 e. The maximum atomic E-state index is 12.3. The normalized spacial score (nSPS) is 27.8. The van der Waals surface area contributed by atoms with Crippen molar-refractivity contribution in [2.45, 2.75) is 82.8 Å². The number of piperidine rings is 1. The van der Waals surface area contributed by atoms with Gasteiger partial charge >= 0.3 is 0 Å². The second-order valence-electron chi connectivity index (χ2n) is 6.65. The van der Waals surface area contributed by atoms with Crippen LogP contribution in [0.1, 0.15) is 64.7 Å². The summed E-state index contributed by atoms with van der Waals surface area (Å²) >= 11 is 0. The van der Waals surface area contributed by atoms with Crippen LogP contribution in [-0.2, 0) is 4.79 Å². The van der Waals surface area contributed by atoms with E-state index in [1.807, 2.05) is 0 Å². The molecule has 2 aliphatic rings. The standard InChI is InChI=1S/C16H31N3O/c1-13(17)15-10-6-7-11-19(15)12-16(20)18-14-8-4-2-3-5-9-14/h13-15H,2-12,17H2,1H3,(H,18,20). The molecule has 1 amide bonds. The first-order valence-corrected chi connectivity index (χ1v) is 8.46. The predicted molar refractivity (Wildman–Crippen MR) is 82.5 cm³/mol. The molecule has 1 saturated heterocycles. The summed E-state index contributed by atoms with van der Waals surface area (Å²) in [5.41, 5.74) is 6.06. The molecular weight excluding hydrogens is 250 g/mol. The number of likely N-dealkylation sites (tertiary alicyclic amines) is 1. The van der Waals surface area contributed by atoms with Gasteiger partial charge in [-0.1, -0.05) is 32.1 Å². The molecule has 0 radical (unpaired) electrons. The van der Waals surface area contributed by atoms with Crippen LogP contribution in [0.5, 0.6) is 0 Å². The number of hydrogen-bond donors (Lipinski definition) is 2. The molecule has 2 unspecified atom stereocenters. The van der Waals surface area contributed by atoms with Crippen LogP contribution < -0.4 is 11.1 Å². The first-order chi connectivity index (χ1) is 9.66. The largest absolute Gasteiger partial charge is 0.352 e. The van der Waals surface area contributed by atoms with Gasteiger partial charge in [-0.05, 0) is 39.2 Å². The molecule has 4 heteroatoms. The van der Waals surface area contributed by atoms with Crippen LogP contribution in [-0.4, -0.2) is 42.0 Å². The molecule has 3 N–H and O–H groups in total. The van der Waals surface area contributed by atoms with Gasteiger partial charge in [0.05, 0.1) is 6.54 Å². The van der Waals surface area contributed by atoms with Crippen LogP contribution in [0.4, 0.5) is 0 Å². The molecule has 0 aromatic heterocycles. The van der Waals surface area contributed by atoms with E-state index in [2.05, 4.69) is 17.1 Å². The fourth-order valence-electron chi connectivity index (χ4n) is 3.69. The number of amides is 1. The van der Waals surface area contributed by atoms with Gasteiger partial charge in [-0.25, -0.2) is 0 Å². The summed E-state index contributed by atoms with van der Waals surface area (Å²) in [5, 5.41) is 3.24. The molecule has 1 saturated carbocycles. The van der Waals surface area contributed by atoms with E-state index < -0.39 is 0 Å². The van der Waals surface area contributed by atoms with Gasteiger partial charge in [0.15, 0.2) is 0 Å². The van der Waals surface area contributed by atoms with Gasteiger partial charge < -0.3 is 11.1 Å². The lowest BCUT2D eigenvalue weighted by Crippen LogP contribution is -2.53. The van der Waals surface area contributed by atoms with E-state index in [-0.39, 0.29) is 11.9 Å². The molecule has 0 aromatic rings. The summed E-state index contributed by atoms with van der Waals surface area (Å²) in [4.78, 5) is 14.6. The average Bonchev–Trinajstić information content (AvgIpc) is 2.67. The number of nitrogens with two attached hydrogens (primary N) is 1. The molecule has 1 heterocycles. The zero-order valence-corrected chi connectivity index (χ0v) is 12.9. The molecule has 2 fully saturated rings. The monoisotopic (exact) mass is 281 g/mol. The molecule has 1 aliphatic carbocycles. The van der Waals surface area contributed by atoms with Gasteiger partial charge in [-0.2, -0.15) is 0 Å². The maximum Gasteiger partial charge on any atom is 0.234 e. The highest BCUT2D eigenvalue weighted by molar-refractivity contribution is 5.78. The van der Waals surface area contributed by atoms with Crippen LogP contribution in [0, 0.1) is 0 Å².